The maximum atomic E-state index is 13.7. The number of aromatic nitrogens is 2. The van der Waals surface area contributed by atoms with Crippen molar-refractivity contribution in [3.63, 3.8) is 0 Å². The smallest absolute Gasteiger partial charge is 0.163 e. The van der Waals surface area contributed by atoms with Crippen LogP contribution < -0.4 is 5.32 Å². The number of fused-ring (bicyclic) bond motifs is 1. The minimum Gasteiger partial charge on any atom is -0.312 e. The molecule has 1 aliphatic heterocycles. The molecule has 3 nitrogen and oxygen atoms in total. The summed E-state index contributed by atoms with van der Waals surface area (Å²) < 4.78 is 14.5. The van der Waals surface area contributed by atoms with E-state index >= 15 is 0 Å². The second-order valence-corrected chi connectivity index (χ2v) is 4.92. The molecule has 0 fully saturated rings. The molecule has 1 aromatic carbocycles. The van der Waals surface area contributed by atoms with Crippen molar-refractivity contribution in [3.05, 3.63) is 45.9 Å². The van der Waals surface area contributed by atoms with Gasteiger partial charge in [-0.2, -0.15) is 0 Å². The van der Waals surface area contributed by atoms with Gasteiger partial charge < -0.3 is 5.32 Å². The lowest BCUT2D eigenvalue weighted by Gasteiger charge is -2.18. The third-order valence-electron chi connectivity index (χ3n) is 3.00. The fraction of sp³-hybridized carbons (Fsp3) is 0.231. The van der Waals surface area contributed by atoms with Crippen molar-refractivity contribution in [3.8, 4) is 11.4 Å². The highest BCUT2D eigenvalue weighted by atomic mass is 79.9. The number of rotatable bonds is 1. The Bertz CT molecular complexity index is 601. The summed E-state index contributed by atoms with van der Waals surface area (Å²) in [6, 6.07) is 6.57. The fourth-order valence-electron chi connectivity index (χ4n) is 2.06. The Labute approximate surface area is 113 Å². The molecule has 3 rings (SSSR count). The largest absolute Gasteiger partial charge is 0.312 e. The maximum Gasteiger partial charge on any atom is 0.163 e. The zero-order chi connectivity index (χ0) is 12.5. The number of hydrogen-bond acceptors (Lipinski definition) is 3. The van der Waals surface area contributed by atoms with Gasteiger partial charge in [0, 0.05) is 25.1 Å². The van der Waals surface area contributed by atoms with Crippen LogP contribution in [0.15, 0.2) is 28.9 Å². The maximum absolute atomic E-state index is 13.7. The van der Waals surface area contributed by atoms with Crippen LogP contribution >= 0.6 is 15.9 Å². The van der Waals surface area contributed by atoms with Gasteiger partial charge in [-0.3, -0.25) is 0 Å². The summed E-state index contributed by atoms with van der Waals surface area (Å²) in [7, 11) is 0. The van der Waals surface area contributed by atoms with Gasteiger partial charge in [0.15, 0.2) is 5.82 Å². The molecule has 18 heavy (non-hydrogen) atoms. The normalized spacial score (nSPS) is 14.3. The molecule has 1 aromatic heterocycles. The van der Waals surface area contributed by atoms with Crippen LogP contribution in [0.3, 0.4) is 0 Å². The molecule has 1 N–H and O–H groups in total. The summed E-state index contributed by atoms with van der Waals surface area (Å²) in [5, 5.41) is 3.27. The van der Waals surface area contributed by atoms with E-state index in [0.29, 0.717) is 11.4 Å². The van der Waals surface area contributed by atoms with E-state index in [0.717, 1.165) is 35.4 Å². The highest BCUT2D eigenvalue weighted by Gasteiger charge is 2.17. The third kappa shape index (κ3) is 2.04. The summed E-state index contributed by atoms with van der Waals surface area (Å²) in [5.74, 6) is 0.152. The minimum atomic E-state index is -0.293. The quantitative estimate of drug-likeness (QED) is 0.823. The van der Waals surface area contributed by atoms with E-state index in [9.17, 15) is 4.39 Å². The van der Waals surface area contributed by atoms with E-state index in [1.165, 1.54) is 6.07 Å². The predicted octanol–water partition coefficient (Wildman–Crippen LogP) is 2.69. The van der Waals surface area contributed by atoms with Gasteiger partial charge in [-0.15, -0.1) is 0 Å². The standard InChI is InChI=1S/C13H11BrFN3/c14-12-9-7-16-6-5-11(9)17-13(18-12)8-3-1-2-4-10(8)15/h1-4,16H,5-7H2. The van der Waals surface area contributed by atoms with Gasteiger partial charge in [0.2, 0.25) is 0 Å². The summed E-state index contributed by atoms with van der Waals surface area (Å²) in [6.45, 7) is 1.65. The van der Waals surface area contributed by atoms with Crippen LogP contribution in [0.1, 0.15) is 11.3 Å². The lowest BCUT2D eigenvalue weighted by molar-refractivity contribution is 0.618. The van der Waals surface area contributed by atoms with Gasteiger partial charge in [-0.05, 0) is 28.1 Å². The zero-order valence-corrected chi connectivity index (χ0v) is 11.2. The van der Waals surface area contributed by atoms with Gasteiger partial charge in [0.05, 0.1) is 11.3 Å². The first kappa shape index (κ1) is 11.7. The summed E-state index contributed by atoms with van der Waals surface area (Å²) >= 11 is 3.44. The molecule has 5 heteroatoms. The number of hydrogen-bond donors (Lipinski definition) is 1. The van der Waals surface area contributed by atoms with Crippen LogP contribution in [-0.2, 0) is 13.0 Å². The second-order valence-electron chi connectivity index (χ2n) is 4.17. The average molecular weight is 308 g/mol. The molecule has 0 aliphatic carbocycles. The number of benzene rings is 1. The molecule has 2 heterocycles. The van der Waals surface area contributed by atoms with Crippen molar-refractivity contribution in [1.82, 2.24) is 15.3 Å². The van der Waals surface area contributed by atoms with Crippen molar-refractivity contribution in [1.29, 1.82) is 0 Å². The van der Waals surface area contributed by atoms with Crippen LogP contribution in [0, 0.1) is 5.82 Å². The first-order valence-corrected chi connectivity index (χ1v) is 6.56. The number of nitrogens with zero attached hydrogens (tertiary/aromatic N) is 2. The summed E-state index contributed by atoms with van der Waals surface area (Å²) in [5.41, 5.74) is 2.51. The topological polar surface area (TPSA) is 37.8 Å². The van der Waals surface area contributed by atoms with Crippen LogP contribution in [-0.4, -0.2) is 16.5 Å². The Morgan fingerprint density at radius 2 is 2.06 bits per heavy atom. The average Bonchev–Trinajstić information content (AvgIpc) is 2.39. The van der Waals surface area contributed by atoms with Crippen LogP contribution in [0.25, 0.3) is 11.4 Å². The van der Waals surface area contributed by atoms with E-state index in [4.69, 9.17) is 0 Å². The van der Waals surface area contributed by atoms with Gasteiger partial charge in [-0.25, -0.2) is 14.4 Å². The first-order valence-electron chi connectivity index (χ1n) is 5.76. The Balaban J connectivity index is 2.14. The summed E-state index contributed by atoms with van der Waals surface area (Å²) in [6.07, 6.45) is 0.845. The Kier molecular flexibility index (Phi) is 3.09. The molecule has 2 aromatic rings. The fourth-order valence-corrected chi connectivity index (χ4v) is 2.60. The van der Waals surface area contributed by atoms with Crippen LogP contribution in [0.4, 0.5) is 4.39 Å². The molecule has 0 spiro atoms. The molecule has 0 amide bonds. The lowest BCUT2D eigenvalue weighted by atomic mass is 10.1. The molecule has 0 saturated heterocycles. The molecule has 92 valence electrons. The van der Waals surface area contributed by atoms with Crippen molar-refractivity contribution >= 4 is 15.9 Å². The van der Waals surface area contributed by atoms with Crippen molar-refractivity contribution < 1.29 is 4.39 Å². The van der Waals surface area contributed by atoms with E-state index in [1.54, 1.807) is 18.2 Å². The monoisotopic (exact) mass is 307 g/mol. The van der Waals surface area contributed by atoms with Crippen LogP contribution in [0.5, 0.6) is 0 Å². The zero-order valence-electron chi connectivity index (χ0n) is 9.58. The predicted molar refractivity (Wildman–Crippen MR) is 70.5 cm³/mol. The summed E-state index contributed by atoms with van der Waals surface area (Å²) in [4.78, 5) is 8.83. The minimum absolute atomic E-state index is 0.293. The third-order valence-corrected chi connectivity index (χ3v) is 3.65. The highest BCUT2D eigenvalue weighted by Crippen LogP contribution is 2.26. The van der Waals surface area contributed by atoms with Crippen LogP contribution in [0.2, 0.25) is 0 Å². The number of halogens is 2. The van der Waals surface area contributed by atoms with Gasteiger partial charge in [0.1, 0.15) is 10.4 Å². The van der Waals surface area contributed by atoms with E-state index in [2.05, 4.69) is 31.2 Å². The van der Waals surface area contributed by atoms with Gasteiger partial charge in [-0.1, -0.05) is 12.1 Å². The molecule has 1 aliphatic rings. The lowest BCUT2D eigenvalue weighted by Crippen LogP contribution is -2.25. The Hall–Kier alpha value is -1.33. The molecular formula is C13H11BrFN3. The van der Waals surface area contributed by atoms with Gasteiger partial charge in [0.25, 0.3) is 0 Å². The van der Waals surface area contributed by atoms with Crippen molar-refractivity contribution in [2.45, 2.75) is 13.0 Å². The van der Waals surface area contributed by atoms with E-state index < -0.39 is 0 Å². The SMILES string of the molecule is Fc1ccccc1-c1nc(Br)c2c(n1)CCNC2. The Morgan fingerprint density at radius 3 is 2.89 bits per heavy atom. The van der Waals surface area contributed by atoms with E-state index in [-0.39, 0.29) is 5.82 Å². The highest BCUT2D eigenvalue weighted by molar-refractivity contribution is 9.10. The molecule has 0 radical (unpaired) electrons. The second kappa shape index (κ2) is 4.74. The molecule has 0 unspecified atom stereocenters. The molecule has 0 atom stereocenters. The van der Waals surface area contributed by atoms with E-state index in [1.807, 2.05) is 0 Å². The van der Waals surface area contributed by atoms with Crippen molar-refractivity contribution in [2.75, 3.05) is 6.54 Å². The van der Waals surface area contributed by atoms with Gasteiger partial charge >= 0.3 is 0 Å². The molecular weight excluding hydrogens is 297 g/mol. The first-order chi connectivity index (χ1) is 8.75. The van der Waals surface area contributed by atoms with Crippen molar-refractivity contribution in [2.24, 2.45) is 0 Å². The molecule has 0 saturated carbocycles. The Morgan fingerprint density at radius 1 is 1.22 bits per heavy atom. The number of nitrogens with one attached hydrogen (secondary N) is 1. The molecule has 0 bridgehead atoms.